The Kier molecular flexibility index (Phi) is 8.42. The van der Waals surface area contributed by atoms with E-state index < -0.39 is 21.8 Å². The van der Waals surface area contributed by atoms with Crippen LogP contribution in [0.4, 0.5) is 0 Å². The molecular formula is C19H30N4O5S. The largest absolute Gasteiger partial charge is 0.497 e. The molecule has 2 N–H and O–H groups in total. The van der Waals surface area contributed by atoms with Crippen LogP contribution in [0.2, 0.25) is 0 Å². The summed E-state index contributed by atoms with van der Waals surface area (Å²) in [6, 6.07) is 5.82. The summed E-state index contributed by atoms with van der Waals surface area (Å²) >= 11 is 0. The van der Waals surface area contributed by atoms with Gasteiger partial charge in [-0.15, -0.1) is 0 Å². The van der Waals surface area contributed by atoms with Crippen molar-refractivity contribution < 1.29 is 22.7 Å². The maximum absolute atomic E-state index is 12.9. The zero-order valence-electron chi connectivity index (χ0n) is 17.2. The summed E-state index contributed by atoms with van der Waals surface area (Å²) < 4.78 is 32.3. The van der Waals surface area contributed by atoms with Gasteiger partial charge in [0.25, 0.3) is 0 Å². The highest BCUT2D eigenvalue weighted by Crippen LogP contribution is 2.26. The first-order valence-corrected chi connectivity index (χ1v) is 11.1. The SMILES string of the molecule is COc1ccc(S(=O)(=O)N2CCC[C@H]2CNC(=O)C(=O)NCCCN(C)C)cc1. The predicted molar refractivity (Wildman–Crippen MR) is 109 cm³/mol. The predicted octanol–water partition coefficient (Wildman–Crippen LogP) is 0.0324. The molecule has 9 nitrogen and oxygen atoms in total. The maximum Gasteiger partial charge on any atom is 0.309 e. The molecule has 0 aliphatic carbocycles. The Hall–Kier alpha value is -2.17. The number of rotatable bonds is 9. The first-order valence-electron chi connectivity index (χ1n) is 9.62. The van der Waals surface area contributed by atoms with Crippen LogP contribution < -0.4 is 15.4 Å². The van der Waals surface area contributed by atoms with Gasteiger partial charge in [-0.05, 0) is 64.2 Å². The van der Waals surface area contributed by atoms with E-state index in [1.807, 2.05) is 19.0 Å². The molecule has 1 aromatic rings. The molecule has 1 saturated heterocycles. The Bertz CT molecular complexity index is 795. The number of methoxy groups -OCH3 is 1. The van der Waals surface area contributed by atoms with E-state index in [2.05, 4.69) is 10.6 Å². The fraction of sp³-hybridized carbons (Fsp3) is 0.579. The normalized spacial score (nSPS) is 17.3. The molecule has 29 heavy (non-hydrogen) atoms. The summed E-state index contributed by atoms with van der Waals surface area (Å²) in [4.78, 5) is 26.0. The summed E-state index contributed by atoms with van der Waals surface area (Å²) in [7, 11) is 1.69. The van der Waals surface area contributed by atoms with E-state index in [-0.39, 0.29) is 17.5 Å². The Morgan fingerprint density at radius 2 is 1.83 bits per heavy atom. The molecule has 0 bridgehead atoms. The number of benzene rings is 1. The first-order chi connectivity index (χ1) is 13.8. The fourth-order valence-electron chi connectivity index (χ4n) is 3.18. The second kappa shape index (κ2) is 10.6. The van der Waals surface area contributed by atoms with Gasteiger partial charge in [0.2, 0.25) is 10.0 Å². The molecule has 1 atom stereocenters. The average molecular weight is 427 g/mol. The number of hydrogen-bond acceptors (Lipinski definition) is 6. The highest BCUT2D eigenvalue weighted by Gasteiger charge is 2.35. The summed E-state index contributed by atoms with van der Waals surface area (Å²) in [5.41, 5.74) is 0. The van der Waals surface area contributed by atoms with Crippen molar-refractivity contribution >= 4 is 21.8 Å². The van der Waals surface area contributed by atoms with Crippen molar-refractivity contribution in [2.24, 2.45) is 0 Å². The summed E-state index contributed by atoms with van der Waals surface area (Å²) in [6.45, 7) is 1.69. The molecule has 0 radical (unpaired) electrons. The van der Waals surface area contributed by atoms with E-state index >= 15 is 0 Å². The highest BCUT2D eigenvalue weighted by molar-refractivity contribution is 7.89. The molecule has 1 aliphatic heterocycles. The zero-order valence-corrected chi connectivity index (χ0v) is 18.0. The molecule has 0 unspecified atom stereocenters. The van der Waals surface area contributed by atoms with E-state index in [1.165, 1.54) is 23.5 Å². The molecule has 1 aliphatic rings. The lowest BCUT2D eigenvalue weighted by atomic mass is 10.2. The van der Waals surface area contributed by atoms with Gasteiger partial charge in [-0.25, -0.2) is 8.42 Å². The van der Waals surface area contributed by atoms with Crippen molar-refractivity contribution in [3.8, 4) is 5.75 Å². The van der Waals surface area contributed by atoms with Gasteiger partial charge in [-0.2, -0.15) is 4.31 Å². The number of sulfonamides is 1. The highest BCUT2D eigenvalue weighted by atomic mass is 32.2. The van der Waals surface area contributed by atoms with Crippen molar-refractivity contribution in [2.45, 2.75) is 30.2 Å². The first kappa shape index (κ1) is 23.1. The number of amides is 2. The molecule has 10 heteroatoms. The van der Waals surface area contributed by atoms with E-state index in [0.717, 1.165) is 13.0 Å². The molecular weight excluding hydrogens is 396 g/mol. The van der Waals surface area contributed by atoms with Crippen LogP contribution in [-0.2, 0) is 19.6 Å². The fourth-order valence-corrected chi connectivity index (χ4v) is 4.87. The van der Waals surface area contributed by atoms with Gasteiger partial charge in [0, 0.05) is 25.7 Å². The van der Waals surface area contributed by atoms with E-state index in [9.17, 15) is 18.0 Å². The lowest BCUT2D eigenvalue weighted by molar-refractivity contribution is -0.139. The molecule has 0 spiro atoms. The quantitative estimate of drug-likeness (QED) is 0.426. The Morgan fingerprint density at radius 1 is 1.17 bits per heavy atom. The van der Waals surface area contributed by atoms with Crippen LogP contribution in [0.1, 0.15) is 19.3 Å². The van der Waals surface area contributed by atoms with Gasteiger partial charge >= 0.3 is 11.8 Å². The van der Waals surface area contributed by atoms with Crippen LogP contribution >= 0.6 is 0 Å². The lowest BCUT2D eigenvalue weighted by Gasteiger charge is -2.24. The number of hydrogen-bond donors (Lipinski definition) is 2. The maximum atomic E-state index is 12.9. The third-order valence-corrected chi connectivity index (χ3v) is 6.73. The van der Waals surface area contributed by atoms with E-state index in [0.29, 0.717) is 31.7 Å². The van der Waals surface area contributed by atoms with Crippen molar-refractivity contribution in [1.82, 2.24) is 19.8 Å². The van der Waals surface area contributed by atoms with Crippen molar-refractivity contribution in [2.75, 3.05) is 47.4 Å². The standard InChI is InChI=1S/C19H30N4O5S/c1-22(2)12-5-11-20-18(24)19(25)21-14-15-6-4-13-23(15)29(26,27)17-9-7-16(28-3)8-10-17/h7-10,15H,4-6,11-14H2,1-3H3,(H,20,24)(H,21,25)/t15-/m0/s1. The third-order valence-electron chi connectivity index (χ3n) is 4.76. The monoisotopic (exact) mass is 426 g/mol. The Labute approximate surface area is 172 Å². The van der Waals surface area contributed by atoms with Crippen molar-refractivity contribution in [3.63, 3.8) is 0 Å². The molecule has 2 rings (SSSR count). The minimum absolute atomic E-state index is 0.0966. The zero-order chi connectivity index (χ0) is 21.4. The van der Waals surface area contributed by atoms with Gasteiger partial charge < -0.3 is 20.3 Å². The summed E-state index contributed by atoms with van der Waals surface area (Å²) in [5.74, 6) is -0.874. The molecule has 1 heterocycles. The topological polar surface area (TPSA) is 108 Å². The number of ether oxygens (including phenoxy) is 1. The molecule has 162 valence electrons. The smallest absolute Gasteiger partial charge is 0.309 e. The Balaban J connectivity index is 1.90. The van der Waals surface area contributed by atoms with Crippen LogP contribution in [0, 0.1) is 0 Å². The Morgan fingerprint density at radius 3 is 2.45 bits per heavy atom. The second-order valence-electron chi connectivity index (χ2n) is 7.21. The van der Waals surface area contributed by atoms with Gasteiger partial charge in [0.1, 0.15) is 5.75 Å². The number of nitrogens with zero attached hydrogens (tertiary/aromatic N) is 2. The van der Waals surface area contributed by atoms with Gasteiger partial charge in [-0.3, -0.25) is 9.59 Å². The van der Waals surface area contributed by atoms with Crippen molar-refractivity contribution in [3.05, 3.63) is 24.3 Å². The minimum atomic E-state index is -3.69. The van der Waals surface area contributed by atoms with Gasteiger partial charge in [-0.1, -0.05) is 0 Å². The molecule has 1 fully saturated rings. The van der Waals surface area contributed by atoms with E-state index in [4.69, 9.17) is 4.74 Å². The van der Waals surface area contributed by atoms with Crippen LogP contribution in [0.5, 0.6) is 5.75 Å². The van der Waals surface area contributed by atoms with Gasteiger partial charge in [0.05, 0.1) is 12.0 Å². The number of carbonyl (C=O) groups is 2. The van der Waals surface area contributed by atoms with Crippen LogP contribution in [-0.4, -0.2) is 82.9 Å². The average Bonchev–Trinajstić information content (AvgIpc) is 3.18. The molecule has 0 aromatic heterocycles. The summed E-state index contributed by atoms with van der Waals surface area (Å²) in [5, 5.41) is 5.13. The van der Waals surface area contributed by atoms with Crippen LogP contribution in [0.3, 0.4) is 0 Å². The van der Waals surface area contributed by atoms with Gasteiger partial charge in [0.15, 0.2) is 0 Å². The summed E-state index contributed by atoms with van der Waals surface area (Å²) in [6.07, 6.45) is 2.06. The molecule has 2 amide bonds. The number of carbonyl (C=O) groups excluding carboxylic acids is 2. The minimum Gasteiger partial charge on any atom is -0.497 e. The van der Waals surface area contributed by atoms with Crippen LogP contribution in [0.25, 0.3) is 0 Å². The van der Waals surface area contributed by atoms with Crippen LogP contribution in [0.15, 0.2) is 29.2 Å². The second-order valence-corrected chi connectivity index (χ2v) is 9.10. The number of nitrogens with one attached hydrogen (secondary N) is 2. The van der Waals surface area contributed by atoms with E-state index in [1.54, 1.807) is 12.1 Å². The molecule has 0 saturated carbocycles. The lowest BCUT2D eigenvalue weighted by Crippen LogP contribution is -2.47. The van der Waals surface area contributed by atoms with Crippen molar-refractivity contribution in [1.29, 1.82) is 0 Å². The molecule has 1 aromatic carbocycles. The third kappa shape index (κ3) is 6.41.